The van der Waals surface area contributed by atoms with Crippen molar-refractivity contribution in [1.29, 1.82) is 0 Å². The van der Waals surface area contributed by atoms with Crippen LogP contribution in [0.15, 0.2) is 36.7 Å². The minimum atomic E-state index is -0.269. The molecule has 2 aliphatic rings. The molecule has 0 bridgehead atoms. The monoisotopic (exact) mass is 461 g/mol. The smallest absolute Gasteiger partial charge is 0.317 e. The van der Waals surface area contributed by atoms with Gasteiger partial charge < -0.3 is 20.7 Å². The van der Waals surface area contributed by atoms with Crippen LogP contribution in [0.2, 0.25) is 0 Å². The van der Waals surface area contributed by atoms with Gasteiger partial charge in [0, 0.05) is 55.2 Å². The van der Waals surface area contributed by atoms with E-state index in [1.165, 1.54) is 5.69 Å². The number of nitrogens with one attached hydrogen (secondary N) is 1. The van der Waals surface area contributed by atoms with E-state index in [-0.39, 0.29) is 17.6 Å². The maximum Gasteiger partial charge on any atom is 0.317 e. The number of nitrogens with two attached hydrogens (primary N) is 1. The number of carbonyl (C=O) groups excluding carboxylic acids is 1. The van der Waals surface area contributed by atoms with Crippen LogP contribution in [-0.4, -0.2) is 50.3 Å². The number of rotatable bonds is 5. The number of urea groups is 1. The van der Waals surface area contributed by atoms with Crippen molar-refractivity contribution in [3.8, 4) is 17.0 Å². The molecular weight excluding hydrogens is 430 g/mol. The average Bonchev–Trinajstić information content (AvgIpc) is 3.53. The van der Waals surface area contributed by atoms with Gasteiger partial charge in [-0.1, -0.05) is 6.07 Å². The molecule has 0 aliphatic carbocycles. The highest BCUT2D eigenvalue weighted by molar-refractivity contribution is 5.75. The van der Waals surface area contributed by atoms with Gasteiger partial charge in [-0.2, -0.15) is 5.10 Å². The zero-order valence-electron chi connectivity index (χ0n) is 19.9. The summed E-state index contributed by atoms with van der Waals surface area (Å²) < 4.78 is 8.21. The van der Waals surface area contributed by atoms with Crippen LogP contribution in [0.4, 0.5) is 10.6 Å². The molecule has 9 nitrogen and oxygen atoms in total. The predicted molar refractivity (Wildman–Crippen MR) is 129 cm³/mol. The van der Waals surface area contributed by atoms with Gasteiger partial charge in [0.05, 0.1) is 11.4 Å². The fourth-order valence-corrected chi connectivity index (χ4v) is 4.99. The molecule has 2 atom stereocenters. The number of amides is 2. The summed E-state index contributed by atoms with van der Waals surface area (Å²) >= 11 is 0. The Morgan fingerprint density at radius 3 is 2.82 bits per heavy atom. The molecule has 2 amide bonds. The van der Waals surface area contributed by atoms with Gasteiger partial charge in [0.25, 0.3) is 0 Å². The van der Waals surface area contributed by atoms with E-state index in [0.29, 0.717) is 18.1 Å². The normalized spacial score (nSPS) is 19.9. The van der Waals surface area contributed by atoms with E-state index >= 15 is 0 Å². The quantitative estimate of drug-likeness (QED) is 0.602. The number of hydrogen-bond donors (Lipinski definition) is 2. The van der Waals surface area contributed by atoms with E-state index in [1.54, 1.807) is 6.20 Å². The number of hydrogen-bond acceptors (Lipinski definition) is 6. The van der Waals surface area contributed by atoms with Crippen molar-refractivity contribution < 1.29 is 9.53 Å². The summed E-state index contributed by atoms with van der Waals surface area (Å²) in [6.07, 6.45) is 5.24. The lowest BCUT2D eigenvalue weighted by Gasteiger charge is -2.23. The molecular formula is C25H31N7O2. The second kappa shape index (κ2) is 8.62. The summed E-state index contributed by atoms with van der Waals surface area (Å²) in [5.74, 6) is 0.845. The molecule has 178 valence electrons. The maximum absolute atomic E-state index is 12.4. The van der Waals surface area contributed by atoms with Crippen LogP contribution in [0.25, 0.3) is 11.3 Å². The lowest BCUT2D eigenvalue weighted by molar-refractivity contribution is 0.206. The number of anilines is 1. The van der Waals surface area contributed by atoms with Crippen molar-refractivity contribution in [1.82, 2.24) is 30.0 Å². The summed E-state index contributed by atoms with van der Waals surface area (Å²) in [5.41, 5.74) is 10.9. The fraction of sp³-hybridized carbons (Fsp3) is 0.440. The largest absolute Gasteiger partial charge is 0.481 e. The highest BCUT2D eigenvalue weighted by Crippen LogP contribution is 2.44. The maximum atomic E-state index is 12.4. The van der Waals surface area contributed by atoms with Gasteiger partial charge in [0.2, 0.25) is 0 Å². The second-order valence-corrected chi connectivity index (χ2v) is 9.30. The van der Waals surface area contributed by atoms with Crippen molar-refractivity contribution in [2.45, 2.75) is 51.7 Å². The summed E-state index contributed by atoms with van der Waals surface area (Å²) in [4.78, 5) is 23.1. The minimum Gasteiger partial charge on any atom is -0.481 e. The highest BCUT2D eigenvalue weighted by atomic mass is 16.5. The fourth-order valence-electron chi connectivity index (χ4n) is 4.99. The number of fused-ring (bicyclic) bond motifs is 2. The van der Waals surface area contributed by atoms with Crippen LogP contribution in [0.1, 0.15) is 49.7 Å². The van der Waals surface area contributed by atoms with Gasteiger partial charge >= 0.3 is 6.03 Å². The number of likely N-dealkylation sites (tertiary alicyclic amines) is 1. The molecule has 3 aromatic heterocycles. The first kappa shape index (κ1) is 22.2. The van der Waals surface area contributed by atoms with Crippen molar-refractivity contribution in [2.75, 3.05) is 25.4 Å². The molecule has 9 heteroatoms. The van der Waals surface area contributed by atoms with E-state index in [1.807, 2.05) is 50.1 Å². The van der Waals surface area contributed by atoms with E-state index in [9.17, 15) is 4.79 Å². The van der Waals surface area contributed by atoms with Crippen LogP contribution in [-0.2, 0) is 12.0 Å². The van der Waals surface area contributed by atoms with E-state index < -0.39 is 0 Å². The molecule has 34 heavy (non-hydrogen) atoms. The Hall–Kier alpha value is -3.62. The van der Waals surface area contributed by atoms with Gasteiger partial charge in [-0.05, 0) is 57.4 Å². The minimum absolute atomic E-state index is 0.0132. The van der Waals surface area contributed by atoms with E-state index in [2.05, 4.69) is 26.0 Å². The van der Waals surface area contributed by atoms with Crippen molar-refractivity contribution >= 4 is 11.8 Å². The van der Waals surface area contributed by atoms with Crippen LogP contribution in [0.3, 0.4) is 0 Å². The topological polar surface area (TPSA) is 111 Å². The molecule has 1 unspecified atom stereocenters. The third-order valence-electron chi connectivity index (χ3n) is 6.93. The van der Waals surface area contributed by atoms with E-state index in [4.69, 9.17) is 15.6 Å². The van der Waals surface area contributed by atoms with Crippen LogP contribution >= 0.6 is 0 Å². The first-order valence-corrected chi connectivity index (χ1v) is 11.8. The zero-order valence-corrected chi connectivity index (χ0v) is 19.9. The van der Waals surface area contributed by atoms with E-state index in [0.717, 1.165) is 55.0 Å². The second-order valence-electron chi connectivity index (χ2n) is 9.30. The molecule has 0 radical (unpaired) electrons. The third-order valence-corrected chi connectivity index (χ3v) is 6.93. The molecule has 0 aromatic carbocycles. The van der Waals surface area contributed by atoms with Crippen molar-refractivity contribution in [3.63, 3.8) is 0 Å². The number of nitrogens with zero attached hydrogens (tertiary/aromatic N) is 5. The van der Waals surface area contributed by atoms with Crippen LogP contribution < -0.4 is 15.8 Å². The Bertz CT molecular complexity index is 1210. The van der Waals surface area contributed by atoms with Crippen molar-refractivity contribution in [3.05, 3.63) is 53.6 Å². The number of carbonyl (C=O) groups is 1. The number of nitrogen functional groups attached to an aromatic ring is 1. The highest BCUT2D eigenvalue weighted by Gasteiger charge is 2.46. The van der Waals surface area contributed by atoms with Gasteiger partial charge in [0.15, 0.2) is 11.6 Å². The molecule has 2 aliphatic heterocycles. The Kier molecular flexibility index (Phi) is 5.63. The molecule has 1 spiro atoms. The lowest BCUT2D eigenvalue weighted by Crippen LogP contribution is -2.40. The van der Waals surface area contributed by atoms with Crippen molar-refractivity contribution in [2.24, 2.45) is 0 Å². The van der Waals surface area contributed by atoms with Gasteiger partial charge in [-0.15, -0.1) is 0 Å². The molecule has 1 fully saturated rings. The molecule has 1 saturated heterocycles. The molecule has 5 rings (SSSR count). The molecule has 5 heterocycles. The molecule has 0 saturated carbocycles. The first-order chi connectivity index (χ1) is 16.4. The first-order valence-electron chi connectivity index (χ1n) is 11.8. The summed E-state index contributed by atoms with van der Waals surface area (Å²) in [6.45, 7) is 8.86. The lowest BCUT2D eigenvalue weighted by atomic mass is 9.82. The Morgan fingerprint density at radius 1 is 1.24 bits per heavy atom. The average molecular weight is 462 g/mol. The summed E-state index contributed by atoms with van der Waals surface area (Å²) in [5, 5.41) is 7.77. The molecule has 3 aromatic rings. The Labute approximate surface area is 199 Å². The standard InChI is InChI=1S/C25H31N7O2/c1-4-27-24(33)31-9-7-25(15-31)8-10-32-22(25)12-20(30-32)18-11-21(23(26)29-14-18)34-17(3)19-6-5-16(2)13-28-19/h5-6,11-14,17H,4,7-10,15H2,1-3H3,(H2,26,29)(H,27,33)/t17?,25-/m1/s1. The Morgan fingerprint density at radius 2 is 2.06 bits per heavy atom. The number of ether oxygens (including phenoxy) is 1. The molecule has 3 N–H and O–H groups in total. The van der Waals surface area contributed by atoms with Gasteiger partial charge in [-0.25, -0.2) is 9.78 Å². The SMILES string of the molecule is CCNC(=O)N1CC[C@@]2(CCn3nc(-c4cnc(N)c(OC(C)c5ccc(C)cn5)c4)cc32)C1. The number of pyridine rings is 2. The predicted octanol–water partition coefficient (Wildman–Crippen LogP) is 3.45. The van der Waals surface area contributed by atoms with Crippen LogP contribution in [0.5, 0.6) is 5.75 Å². The number of aromatic nitrogens is 4. The summed E-state index contributed by atoms with van der Waals surface area (Å²) in [6, 6.07) is 8.01. The van der Waals surface area contributed by atoms with Gasteiger partial charge in [0.1, 0.15) is 6.10 Å². The summed E-state index contributed by atoms with van der Waals surface area (Å²) in [7, 11) is 0. The third kappa shape index (κ3) is 3.95. The van der Waals surface area contributed by atoms with Gasteiger partial charge in [-0.3, -0.25) is 9.67 Å². The number of aryl methyl sites for hydroxylation is 2. The zero-order chi connectivity index (χ0) is 23.9. The Balaban J connectivity index is 1.37. The van der Waals surface area contributed by atoms with Crippen LogP contribution in [0, 0.1) is 6.92 Å².